The molecule has 1 saturated heterocycles. The summed E-state index contributed by atoms with van der Waals surface area (Å²) in [4.78, 5) is 15.4. The van der Waals surface area contributed by atoms with E-state index in [1.807, 2.05) is 19.0 Å². The molecule has 0 aromatic heterocycles. The first-order chi connectivity index (χ1) is 12.5. The summed E-state index contributed by atoms with van der Waals surface area (Å²) in [7, 11) is -0.0725. The van der Waals surface area contributed by atoms with Gasteiger partial charge in [-0.25, -0.2) is 13.2 Å². The average molecular weight is 407 g/mol. The normalized spacial score (nSPS) is 18.6. The number of sulfone groups is 1. The molecule has 0 radical (unpaired) electrons. The summed E-state index contributed by atoms with van der Waals surface area (Å²) in [5.41, 5.74) is -0.896. The quantitative estimate of drug-likeness (QED) is 0.813. The first kappa shape index (κ1) is 21.5. The van der Waals surface area contributed by atoms with Crippen molar-refractivity contribution in [1.29, 1.82) is 0 Å². The van der Waals surface area contributed by atoms with Crippen LogP contribution >= 0.6 is 0 Å². The molecule has 1 N–H and O–H groups in total. The van der Waals surface area contributed by atoms with E-state index in [1.54, 1.807) is 0 Å². The van der Waals surface area contributed by atoms with Crippen LogP contribution < -0.4 is 5.32 Å². The lowest BCUT2D eigenvalue weighted by Crippen LogP contribution is -2.49. The smallest absolute Gasteiger partial charge is 0.337 e. The van der Waals surface area contributed by atoms with E-state index >= 15 is 0 Å². The zero-order valence-corrected chi connectivity index (χ0v) is 16.1. The van der Waals surface area contributed by atoms with Crippen LogP contribution in [0.15, 0.2) is 29.2 Å². The third kappa shape index (κ3) is 5.58. The number of likely N-dealkylation sites (N-methyl/N-ethyl adjacent to an activating group) is 1. The number of amides is 2. The van der Waals surface area contributed by atoms with Crippen LogP contribution in [0.5, 0.6) is 0 Å². The molecule has 10 heteroatoms. The Labute approximate surface area is 157 Å². The molecule has 2 rings (SSSR count). The number of benzene rings is 1. The second-order valence-corrected chi connectivity index (χ2v) is 9.04. The zero-order chi connectivity index (χ0) is 20.2. The van der Waals surface area contributed by atoms with Gasteiger partial charge in [-0.3, -0.25) is 0 Å². The van der Waals surface area contributed by atoms with Crippen LogP contribution in [0.3, 0.4) is 0 Å². The molecule has 0 bridgehead atoms. The van der Waals surface area contributed by atoms with Crippen LogP contribution in [0, 0.1) is 0 Å². The van der Waals surface area contributed by atoms with Gasteiger partial charge in [-0.2, -0.15) is 13.2 Å². The molecule has 0 unspecified atom stereocenters. The molecule has 1 aromatic rings. The summed E-state index contributed by atoms with van der Waals surface area (Å²) >= 11 is 0. The molecule has 1 aliphatic heterocycles. The lowest BCUT2D eigenvalue weighted by atomic mass is 10.1. The molecular weight excluding hydrogens is 383 g/mol. The second kappa shape index (κ2) is 8.47. The van der Waals surface area contributed by atoms with Crippen molar-refractivity contribution in [1.82, 2.24) is 15.1 Å². The van der Waals surface area contributed by atoms with Gasteiger partial charge in [0.1, 0.15) is 0 Å². The SMILES string of the molecule is CN(C)CCNC(=O)N1CCC[C@H](S(=O)(=O)c2ccc(C(F)(F)F)cc2)C1. The maximum Gasteiger partial charge on any atom is 0.416 e. The Bertz CT molecular complexity index is 749. The molecule has 27 heavy (non-hydrogen) atoms. The lowest BCUT2D eigenvalue weighted by Gasteiger charge is -2.32. The van der Waals surface area contributed by atoms with E-state index < -0.39 is 26.8 Å². The number of hydrogen-bond acceptors (Lipinski definition) is 4. The second-order valence-electron chi connectivity index (χ2n) is 6.81. The molecule has 1 aliphatic rings. The highest BCUT2D eigenvalue weighted by molar-refractivity contribution is 7.92. The van der Waals surface area contributed by atoms with Crippen LogP contribution in [0.1, 0.15) is 18.4 Å². The van der Waals surface area contributed by atoms with Crippen LogP contribution in [-0.4, -0.2) is 69.8 Å². The standard InChI is InChI=1S/C17H24F3N3O3S/c1-22(2)11-9-21-16(24)23-10-3-4-15(12-23)27(25,26)14-7-5-13(6-8-14)17(18,19)20/h5-8,15H,3-4,9-12H2,1-2H3,(H,21,24)/t15-/m0/s1. The van der Waals surface area contributed by atoms with Crippen molar-refractivity contribution in [2.24, 2.45) is 0 Å². The summed E-state index contributed by atoms with van der Waals surface area (Å²) in [6, 6.07) is 3.16. The van der Waals surface area contributed by atoms with Crippen LogP contribution in [-0.2, 0) is 16.0 Å². The first-order valence-corrected chi connectivity index (χ1v) is 10.1. The molecule has 1 atom stereocenters. The number of piperidine rings is 1. The minimum atomic E-state index is -4.52. The molecule has 0 saturated carbocycles. The number of halogens is 3. The third-order valence-corrected chi connectivity index (χ3v) is 6.64. The molecule has 1 fully saturated rings. The van der Waals surface area contributed by atoms with Gasteiger partial charge in [0.15, 0.2) is 9.84 Å². The van der Waals surface area contributed by atoms with Crippen molar-refractivity contribution >= 4 is 15.9 Å². The highest BCUT2D eigenvalue weighted by atomic mass is 32.2. The number of alkyl halides is 3. The molecule has 0 spiro atoms. The van der Waals surface area contributed by atoms with E-state index in [-0.39, 0.29) is 17.5 Å². The lowest BCUT2D eigenvalue weighted by molar-refractivity contribution is -0.137. The van der Waals surface area contributed by atoms with Gasteiger partial charge in [0, 0.05) is 26.2 Å². The Kier molecular flexibility index (Phi) is 6.74. The summed E-state index contributed by atoms with van der Waals surface area (Å²) in [6.45, 7) is 1.58. The molecule has 2 amide bonds. The number of rotatable bonds is 5. The number of carbonyl (C=O) groups is 1. The number of hydrogen-bond donors (Lipinski definition) is 1. The van der Waals surface area contributed by atoms with Crippen molar-refractivity contribution < 1.29 is 26.4 Å². The van der Waals surface area contributed by atoms with E-state index in [0.717, 1.165) is 24.3 Å². The van der Waals surface area contributed by atoms with Crippen LogP contribution in [0.4, 0.5) is 18.0 Å². The van der Waals surface area contributed by atoms with Gasteiger partial charge in [0.2, 0.25) is 0 Å². The molecule has 0 aliphatic carbocycles. The average Bonchev–Trinajstić information content (AvgIpc) is 2.61. The van der Waals surface area contributed by atoms with Crippen molar-refractivity contribution in [2.45, 2.75) is 29.2 Å². The molecule has 6 nitrogen and oxygen atoms in total. The van der Waals surface area contributed by atoms with Crippen molar-refractivity contribution in [2.75, 3.05) is 40.3 Å². The maximum atomic E-state index is 12.8. The van der Waals surface area contributed by atoms with Gasteiger partial charge in [-0.15, -0.1) is 0 Å². The molecular formula is C17H24F3N3O3S. The molecule has 1 heterocycles. The molecule has 1 aromatic carbocycles. The fourth-order valence-electron chi connectivity index (χ4n) is 2.90. The summed E-state index contributed by atoms with van der Waals surface area (Å²) in [5, 5.41) is 1.91. The number of likely N-dealkylation sites (tertiary alicyclic amines) is 1. The zero-order valence-electron chi connectivity index (χ0n) is 15.3. The minimum Gasteiger partial charge on any atom is -0.337 e. The number of nitrogens with one attached hydrogen (secondary N) is 1. The fraction of sp³-hybridized carbons (Fsp3) is 0.588. The van der Waals surface area contributed by atoms with Crippen LogP contribution in [0.25, 0.3) is 0 Å². The predicted molar refractivity (Wildman–Crippen MR) is 95.2 cm³/mol. The third-order valence-electron chi connectivity index (χ3n) is 4.45. The molecule has 152 valence electrons. The Morgan fingerprint density at radius 3 is 2.44 bits per heavy atom. The summed E-state index contributed by atoms with van der Waals surface area (Å²) < 4.78 is 63.5. The number of nitrogens with zero attached hydrogens (tertiary/aromatic N) is 2. The van der Waals surface area contributed by atoms with Crippen molar-refractivity contribution in [3.63, 3.8) is 0 Å². The van der Waals surface area contributed by atoms with E-state index in [2.05, 4.69) is 5.32 Å². The predicted octanol–water partition coefficient (Wildman–Crippen LogP) is 2.21. The first-order valence-electron chi connectivity index (χ1n) is 8.60. The van der Waals surface area contributed by atoms with Gasteiger partial charge in [0.05, 0.1) is 15.7 Å². The van der Waals surface area contributed by atoms with E-state index in [1.165, 1.54) is 4.90 Å². The van der Waals surface area contributed by atoms with Gasteiger partial charge < -0.3 is 15.1 Å². The van der Waals surface area contributed by atoms with Gasteiger partial charge in [-0.05, 0) is 51.2 Å². The maximum absolute atomic E-state index is 12.8. The minimum absolute atomic E-state index is 0.0250. The monoisotopic (exact) mass is 407 g/mol. The highest BCUT2D eigenvalue weighted by Gasteiger charge is 2.35. The van der Waals surface area contributed by atoms with E-state index in [0.29, 0.717) is 32.5 Å². The topological polar surface area (TPSA) is 69.7 Å². The summed E-state index contributed by atoms with van der Waals surface area (Å²) in [5.74, 6) is 0. The Balaban J connectivity index is 2.06. The van der Waals surface area contributed by atoms with Crippen LogP contribution in [0.2, 0.25) is 0 Å². The van der Waals surface area contributed by atoms with E-state index in [4.69, 9.17) is 0 Å². The fourth-order valence-corrected chi connectivity index (χ4v) is 4.65. The Hall–Kier alpha value is -1.81. The van der Waals surface area contributed by atoms with E-state index in [9.17, 15) is 26.4 Å². The number of urea groups is 1. The highest BCUT2D eigenvalue weighted by Crippen LogP contribution is 2.31. The number of carbonyl (C=O) groups excluding carboxylic acids is 1. The van der Waals surface area contributed by atoms with Crippen molar-refractivity contribution in [3.05, 3.63) is 29.8 Å². The Morgan fingerprint density at radius 2 is 1.89 bits per heavy atom. The van der Waals surface area contributed by atoms with Gasteiger partial charge in [0.25, 0.3) is 0 Å². The van der Waals surface area contributed by atoms with Gasteiger partial charge >= 0.3 is 12.2 Å². The van der Waals surface area contributed by atoms with Crippen molar-refractivity contribution in [3.8, 4) is 0 Å². The van der Waals surface area contributed by atoms with Gasteiger partial charge in [-0.1, -0.05) is 0 Å². The largest absolute Gasteiger partial charge is 0.416 e. The summed E-state index contributed by atoms with van der Waals surface area (Å²) in [6.07, 6.45) is -3.63. The Morgan fingerprint density at radius 1 is 1.26 bits per heavy atom.